The second-order valence-corrected chi connectivity index (χ2v) is 6.35. The van der Waals surface area contributed by atoms with Crippen molar-refractivity contribution >= 4 is 17.3 Å². The molecule has 28 heavy (non-hydrogen) atoms. The summed E-state index contributed by atoms with van der Waals surface area (Å²) in [6.45, 7) is 0.330. The lowest BCUT2D eigenvalue weighted by molar-refractivity contribution is 0.0966. The SMILES string of the molecule is O=C1NCc2nc(-c3c(F)cccc3F)cc(Nc3ccc4c(c3)OCO4)c21. The molecule has 1 aromatic heterocycles. The topological polar surface area (TPSA) is 72.5 Å². The number of nitrogens with zero attached hydrogens (tertiary/aromatic N) is 1. The highest BCUT2D eigenvalue weighted by atomic mass is 19.1. The van der Waals surface area contributed by atoms with Gasteiger partial charge in [-0.25, -0.2) is 13.8 Å². The molecule has 5 rings (SSSR count). The van der Waals surface area contributed by atoms with E-state index in [2.05, 4.69) is 15.6 Å². The molecule has 0 atom stereocenters. The van der Waals surface area contributed by atoms with E-state index in [4.69, 9.17) is 9.47 Å². The summed E-state index contributed by atoms with van der Waals surface area (Å²) in [5.74, 6) is -0.554. The number of amides is 1. The Morgan fingerprint density at radius 2 is 1.79 bits per heavy atom. The van der Waals surface area contributed by atoms with Crippen molar-refractivity contribution < 1.29 is 23.0 Å². The number of hydrogen-bond acceptors (Lipinski definition) is 5. The minimum Gasteiger partial charge on any atom is -0.454 e. The van der Waals surface area contributed by atoms with Crippen molar-refractivity contribution in [2.24, 2.45) is 0 Å². The molecule has 3 heterocycles. The van der Waals surface area contributed by atoms with Gasteiger partial charge in [-0.2, -0.15) is 0 Å². The molecule has 0 saturated carbocycles. The number of aromatic nitrogens is 1. The van der Waals surface area contributed by atoms with Crippen LogP contribution in [0.25, 0.3) is 11.3 Å². The molecular weight excluding hydrogens is 368 g/mol. The number of ether oxygens (including phenoxy) is 2. The standard InChI is InChI=1S/C20H13F2N3O3/c21-11-2-1-3-12(22)18(11)13-7-14(19-15(25-13)8-23-20(19)26)24-10-4-5-16-17(6-10)28-9-27-16/h1-7H,8-9H2,(H,23,26)(H,24,25). The molecule has 0 fully saturated rings. The van der Waals surface area contributed by atoms with E-state index < -0.39 is 11.6 Å². The van der Waals surface area contributed by atoms with Gasteiger partial charge in [-0.05, 0) is 30.3 Å². The van der Waals surface area contributed by atoms with Crippen molar-refractivity contribution in [3.05, 3.63) is 65.4 Å². The number of nitrogens with one attached hydrogen (secondary N) is 2. The lowest BCUT2D eigenvalue weighted by atomic mass is 10.1. The van der Waals surface area contributed by atoms with E-state index >= 15 is 0 Å². The maximum absolute atomic E-state index is 14.3. The van der Waals surface area contributed by atoms with Gasteiger partial charge >= 0.3 is 0 Å². The second-order valence-electron chi connectivity index (χ2n) is 6.35. The number of halogens is 2. The Labute approximate surface area is 158 Å². The monoisotopic (exact) mass is 381 g/mol. The van der Waals surface area contributed by atoms with Gasteiger partial charge in [0.15, 0.2) is 11.5 Å². The van der Waals surface area contributed by atoms with Crippen LogP contribution in [-0.4, -0.2) is 17.7 Å². The van der Waals surface area contributed by atoms with Crippen molar-refractivity contribution in [1.29, 1.82) is 0 Å². The van der Waals surface area contributed by atoms with Crippen molar-refractivity contribution in [2.45, 2.75) is 6.54 Å². The van der Waals surface area contributed by atoms with Crippen LogP contribution in [0, 0.1) is 11.6 Å². The van der Waals surface area contributed by atoms with Crippen LogP contribution in [0.2, 0.25) is 0 Å². The van der Waals surface area contributed by atoms with Crippen LogP contribution in [0.15, 0.2) is 42.5 Å². The summed E-state index contributed by atoms with van der Waals surface area (Å²) in [6.07, 6.45) is 0. The molecule has 0 unspecified atom stereocenters. The van der Waals surface area contributed by atoms with Gasteiger partial charge in [0, 0.05) is 11.8 Å². The van der Waals surface area contributed by atoms with Crippen LogP contribution in [0.1, 0.15) is 16.1 Å². The highest BCUT2D eigenvalue weighted by molar-refractivity contribution is 6.04. The Kier molecular flexibility index (Phi) is 3.65. The number of carbonyl (C=O) groups is 1. The molecule has 0 aliphatic carbocycles. The lowest BCUT2D eigenvalue weighted by Crippen LogP contribution is -2.13. The summed E-state index contributed by atoms with van der Waals surface area (Å²) in [7, 11) is 0. The number of fused-ring (bicyclic) bond motifs is 2. The summed E-state index contributed by atoms with van der Waals surface area (Å²) < 4.78 is 39.2. The van der Waals surface area contributed by atoms with Crippen LogP contribution in [0.4, 0.5) is 20.2 Å². The van der Waals surface area contributed by atoms with Gasteiger partial charge in [0.1, 0.15) is 11.6 Å². The minimum absolute atomic E-state index is 0.106. The average molecular weight is 381 g/mol. The van der Waals surface area contributed by atoms with Gasteiger partial charge in [-0.15, -0.1) is 0 Å². The fourth-order valence-electron chi connectivity index (χ4n) is 3.33. The van der Waals surface area contributed by atoms with Crippen LogP contribution >= 0.6 is 0 Å². The van der Waals surface area contributed by atoms with Gasteiger partial charge in [-0.3, -0.25) is 4.79 Å². The molecule has 0 saturated heterocycles. The first-order chi connectivity index (χ1) is 13.6. The molecule has 8 heteroatoms. The molecule has 1 amide bonds. The highest BCUT2D eigenvalue weighted by Gasteiger charge is 2.27. The summed E-state index contributed by atoms with van der Waals surface area (Å²) in [5.41, 5.74) is 1.67. The van der Waals surface area contributed by atoms with E-state index in [-0.39, 0.29) is 30.5 Å². The predicted octanol–water partition coefficient (Wildman–Crippen LogP) is 3.74. The summed E-state index contributed by atoms with van der Waals surface area (Å²) in [4.78, 5) is 16.6. The number of hydrogen-bond donors (Lipinski definition) is 2. The summed E-state index contributed by atoms with van der Waals surface area (Å²) in [5, 5.41) is 5.82. The van der Waals surface area contributed by atoms with Crippen molar-refractivity contribution in [1.82, 2.24) is 10.3 Å². The largest absolute Gasteiger partial charge is 0.454 e. The molecule has 2 aromatic carbocycles. The maximum atomic E-state index is 14.3. The fourth-order valence-corrected chi connectivity index (χ4v) is 3.33. The van der Waals surface area contributed by atoms with E-state index in [1.54, 1.807) is 18.2 Å². The number of pyridine rings is 1. The van der Waals surface area contributed by atoms with Crippen molar-refractivity contribution in [2.75, 3.05) is 12.1 Å². The van der Waals surface area contributed by atoms with Gasteiger partial charge < -0.3 is 20.1 Å². The molecule has 3 aromatic rings. The lowest BCUT2D eigenvalue weighted by Gasteiger charge is -2.13. The van der Waals surface area contributed by atoms with Crippen molar-refractivity contribution in [3.8, 4) is 22.8 Å². The Bertz CT molecular complexity index is 1110. The predicted molar refractivity (Wildman–Crippen MR) is 96.6 cm³/mol. The van der Waals surface area contributed by atoms with Crippen LogP contribution in [-0.2, 0) is 6.54 Å². The first-order valence-electron chi connectivity index (χ1n) is 8.53. The molecule has 2 aliphatic rings. The molecule has 0 radical (unpaired) electrons. The zero-order valence-electron chi connectivity index (χ0n) is 14.4. The maximum Gasteiger partial charge on any atom is 0.255 e. The summed E-state index contributed by atoms with van der Waals surface area (Å²) >= 11 is 0. The normalized spacial score (nSPS) is 14.0. The smallest absolute Gasteiger partial charge is 0.255 e. The van der Waals surface area contributed by atoms with E-state index in [1.807, 2.05) is 0 Å². The van der Waals surface area contributed by atoms with Crippen LogP contribution in [0.3, 0.4) is 0 Å². The van der Waals surface area contributed by atoms with Crippen LogP contribution < -0.4 is 20.1 Å². The molecule has 140 valence electrons. The third-order valence-electron chi connectivity index (χ3n) is 4.61. The van der Waals surface area contributed by atoms with Crippen LogP contribution in [0.5, 0.6) is 11.5 Å². The molecule has 2 N–H and O–H groups in total. The van der Waals surface area contributed by atoms with Gasteiger partial charge in [0.25, 0.3) is 5.91 Å². The van der Waals surface area contributed by atoms with Gasteiger partial charge in [0.05, 0.1) is 34.7 Å². The first-order valence-corrected chi connectivity index (χ1v) is 8.53. The van der Waals surface area contributed by atoms with Gasteiger partial charge in [0.2, 0.25) is 6.79 Å². The van der Waals surface area contributed by atoms with E-state index in [1.165, 1.54) is 24.3 Å². The van der Waals surface area contributed by atoms with E-state index in [0.717, 1.165) is 0 Å². The summed E-state index contributed by atoms with van der Waals surface area (Å²) in [6, 6.07) is 10.3. The van der Waals surface area contributed by atoms with Gasteiger partial charge in [-0.1, -0.05) is 6.07 Å². The fraction of sp³-hybridized carbons (Fsp3) is 0.100. The number of anilines is 2. The minimum atomic E-state index is -0.723. The molecule has 0 bridgehead atoms. The molecule has 6 nitrogen and oxygen atoms in total. The van der Waals surface area contributed by atoms with E-state index in [9.17, 15) is 13.6 Å². The Hall–Kier alpha value is -3.68. The zero-order chi connectivity index (χ0) is 19.3. The third kappa shape index (κ3) is 2.61. The Morgan fingerprint density at radius 3 is 2.61 bits per heavy atom. The number of carbonyl (C=O) groups excluding carboxylic acids is 1. The second kappa shape index (κ2) is 6.19. The quantitative estimate of drug-likeness (QED) is 0.723. The Morgan fingerprint density at radius 1 is 1.00 bits per heavy atom. The third-order valence-corrected chi connectivity index (χ3v) is 4.61. The molecule has 2 aliphatic heterocycles. The average Bonchev–Trinajstić information content (AvgIpc) is 3.28. The zero-order valence-corrected chi connectivity index (χ0v) is 14.4. The van der Waals surface area contributed by atoms with E-state index in [0.29, 0.717) is 34.1 Å². The molecular formula is C20H13F2N3O3. The van der Waals surface area contributed by atoms with Crippen molar-refractivity contribution in [3.63, 3.8) is 0 Å². The Balaban J connectivity index is 1.63. The first kappa shape index (κ1) is 16.5. The number of benzene rings is 2. The highest BCUT2D eigenvalue weighted by Crippen LogP contribution is 2.37. The number of rotatable bonds is 3. The molecule has 0 spiro atoms.